The van der Waals surface area contributed by atoms with E-state index in [4.69, 9.17) is 4.74 Å². The average molecular weight is 330 g/mol. The molecule has 6 nitrogen and oxygen atoms in total. The zero-order valence-electron chi connectivity index (χ0n) is 13.9. The van der Waals surface area contributed by atoms with Crippen LogP contribution in [0.2, 0.25) is 0 Å². The molecule has 1 atom stereocenters. The third-order valence-electron chi connectivity index (χ3n) is 3.66. The van der Waals surface area contributed by atoms with E-state index < -0.39 is 12.1 Å². The fraction of sp³-hybridized carbons (Fsp3) is 0.389. The van der Waals surface area contributed by atoms with Gasteiger partial charge in [0.25, 0.3) is 0 Å². The fourth-order valence-corrected chi connectivity index (χ4v) is 2.37. The van der Waals surface area contributed by atoms with Crippen molar-refractivity contribution in [1.29, 1.82) is 0 Å². The SMILES string of the molecule is CCCNC(=O)CCC(=O)OC(C)C(=O)c1c[nH]c2ccccc12. The molecular formula is C18H22N2O4. The van der Waals surface area contributed by atoms with Gasteiger partial charge in [0.2, 0.25) is 11.7 Å². The Balaban J connectivity index is 1.89. The molecule has 2 rings (SSSR count). The summed E-state index contributed by atoms with van der Waals surface area (Å²) in [6.07, 6.45) is 1.59. The number of rotatable bonds is 8. The zero-order valence-corrected chi connectivity index (χ0v) is 13.9. The molecule has 0 fully saturated rings. The second-order valence-electron chi connectivity index (χ2n) is 5.59. The summed E-state index contributed by atoms with van der Waals surface area (Å²) in [7, 11) is 0. The van der Waals surface area contributed by atoms with Gasteiger partial charge in [-0.3, -0.25) is 14.4 Å². The number of hydrogen-bond acceptors (Lipinski definition) is 4. The van der Waals surface area contributed by atoms with E-state index in [9.17, 15) is 14.4 Å². The van der Waals surface area contributed by atoms with Crippen LogP contribution in [0.1, 0.15) is 43.5 Å². The predicted molar refractivity (Wildman–Crippen MR) is 90.7 cm³/mol. The molecule has 1 amide bonds. The number of aromatic amines is 1. The second-order valence-corrected chi connectivity index (χ2v) is 5.59. The number of nitrogens with one attached hydrogen (secondary N) is 2. The third-order valence-corrected chi connectivity index (χ3v) is 3.66. The van der Waals surface area contributed by atoms with Crippen LogP contribution in [0.3, 0.4) is 0 Å². The van der Waals surface area contributed by atoms with E-state index in [0.29, 0.717) is 12.1 Å². The molecule has 0 saturated carbocycles. The van der Waals surface area contributed by atoms with E-state index in [-0.39, 0.29) is 24.5 Å². The molecule has 1 aromatic carbocycles. The molecule has 0 aliphatic heterocycles. The average Bonchev–Trinajstić information content (AvgIpc) is 3.01. The van der Waals surface area contributed by atoms with Gasteiger partial charge in [0, 0.05) is 35.6 Å². The topological polar surface area (TPSA) is 88.3 Å². The van der Waals surface area contributed by atoms with Crippen molar-refractivity contribution < 1.29 is 19.1 Å². The number of Topliss-reactive ketones (excluding diaryl/α,β-unsaturated/α-hetero) is 1. The van der Waals surface area contributed by atoms with Crippen LogP contribution in [0.25, 0.3) is 10.9 Å². The van der Waals surface area contributed by atoms with Gasteiger partial charge < -0.3 is 15.0 Å². The Morgan fingerprint density at radius 1 is 1.21 bits per heavy atom. The van der Waals surface area contributed by atoms with Crippen molar-refractivity contribution in [2.45, 2.75) is 39.2 Å². The molecule has 1 unspecified atom stereocenters. The number of hydrogen-bond donors (Lipinski definition) is 2. The first-order chi connectivity index (χ1) is 11.5. The normalized spacial score (nSPS) is 11.9. The predicted octanol–water partition coefficient (Wildman–Crippen LogP) is 2.59. The van der Waals surface area contributed by atoms with Gasteiger partial charge in [0.1, 0.15) is 0 Å². The number of amides is 1. The summed E-state index contributed by atoms with van der Waals surface area (Å²) in [5, 5.41) is 3.48. The maximum atomic E-state index is 12.5. The summed E-state index contributed by atoms with van der Waals surface area (Å²) >= 11 is 0. The van der Waals surface area contributed by atoms with E-state index >= 15 is 0 Å². The molecule has 1 heterocycles. The van der Waals surface area contributed by atoms with Gasteiger partial charge in [0.15, 0.2) is 6.10 Å². The highest BCUT2D eigenvalue weighted by molar-refractivity contribution is 6.10. The van der Waals surface area contributed by atoms with Crippen molar-refractivity contribution in [3.8, 4) is 0 Å². The molecule has 0 bridgehead atoms. The minimum absolute atomic E-state index is 0.0406. The number of ether oxygens (including phenoxy) is 1. The highest BCUT2D eigenvalue weighted by Gasteiger charge is 2.22. The molecule has 24 heavy (non-hydrogen) atoms. The number of aromatic nitrogens is 1. The number of esters is 1. The second kappa shape index (κ2) is 8.29. The van der Waals surface area contributed by atoms with Crippen LogP contribution in [-0.2, 0) is 14.3 Å². The first-order valence-electron chi connectivity index (χ1n) is 8.09. The Bertz CT molecular complexity index is 735. The lowest BCUT2D eigenvalue weighted by molar-refractivity contribution is -0.147. The van der Waals surface area contributed by atoms with Crippen LogP contribution in [0, 0.1) is 0 Å². The maximum Gasteiger partial charge on any atom is 0.307 e. The number of carbonyl (C=O) groups is 3. The zero-order chi connectivity index (χ0) is 17.5. The van der Waals surface area contributed by atoms with E-state index in [0.717, 1.165) is 17.3 Å². The van der Waals surface area contributed by atoms with E-state index in [1.54, 1.807) is 13.1 Å². The van der Waals surface area contributed by atoms with E-state index in [1.165, 1.54) is 0 Å². The lowest BCUT2D eigenvalue weighted by atomic mass is 10.1. The first-order valence-corrected chi connectivity index (χ1v) is 8.09. The first kappa shape index (κ1) is 17.7. The van der Waals surface area contributed by atoms with Crippen LogP contribution in [0.4, 0.5) is 0 Å². The molecule has 2 aromatic rings. The van der Waals surface area contributed by atoms with Gasteiger partial charge in [-0.2, -0.15) is 0 Å². The van der Waals surface area contributed by atoms with Crippen molar-refractivity contribution in [2.24, 2.45) is 0 Å². The highest BCUT2D eigenvalue weighted by atomic mass is 16.5. The van der Waals surface area contributed by atoms with Gasteiger partial charge in [-0.15, -0.1) is 0 Å². The monoisotopic (exact) mass is 330 g/mol. The van der Waals surface area contributed by atoms with Gasteiger partial charge in [-0.05, 0) is 19.4 Å². The molecule has 0 aliphatic carbocycles. The Morgan fingerprint density at radius 3 is 2.71 bits per heavy atom. The van der Waals surface area contributed by atoms with Gasteiger partial charge in [-0.25, -0.2) is 0 Å². The van der Waals surface area contributed by atoms with Crippen molar-refractivity contribution in [1.82, 2.24) is 10.3 Å². The Morgan fingerprint density at radius 2 is 1.96 bits per heavy atom. The van der Waals surface area contributed by atoms with Gasteiger partial charge >= 0.3 is 5.97 Å². The summed E-state index contributed by atoms with van der Waals surface area (Å²) in [5.74, 6) is -1.01. The van der Waals surface area contributed by atoms with Crippen LogP contribution < -0.4 is 5.32 Å². The summed E-state index contributed by atoms with van der Waals surface area (Å²) in [4.78, 5) is 38.8. The van der Waals surface area contributed by atoms with Crippen LogP contribution in [0.5, 0.6) is 0 Å². The van der Waals surface area contributed by atoms with Crippen LogP contribution >= 0.6 is 0 Å². The lowest BCUT2D eigenvalue weighted by Crippen LogP contribution is -2.27. The Kier molecular flexibility index (Phi) is 6.12. The number of benzene rings is 1. The molecule has 0 saturated heterocycles. The molecule has 0 radical (unpaired) electrons. The lowest BCUT2D eigenvalue weighted by Gasteiger charge is -2.12. The molecule has 0 spiro atoms. The molecule has 128 valence electrons. The molecule has 2 N–H and O–H groups in total. The molecule has 6 heteroatoms. The van der Waals surface area contributed by atoms with Gasteiger partial charge in [-0.1, -0.05) is 25.1 Å². The van der Waals surface area contributed by atoms with E-state index in [2.05, 4.69) is 10.3 Å². The minimum atomic E-state index is -0.893. The van der Waals surface area contributed by atoms with Crippen molar-refractivity contribution in [3.05, 3.63) is 36.0 Å². The molecular weight excluding hydrogens is 308 g/mol. The number of carbonyl (C=O) groups excluding carboxylic acids is 3. The van der Waals surface area contributed by atoms with Crippen LogP contribution in [-0.4, -0.2) is 35.3 Å². The molecule has 1 aromatic heterocycles. The fourth-order valence-electron chi connectivity index (χ4n) is 2.37. The molecule has 0 aliphatic rings. The summed E-state index contributed by atoms with van der Waals surface area (Å²) in [6.45, 7) is 4.08. The number of H-pyrrole nitrogens is 1. The summed E-state index contributed by atoms with van der Waals surface area (Å²) in [6, 6.07) is 7.43. The summed E-state index contributed by atoms with van der Waals surface area (Å²) in [5.41, 5.74) is 1.35. The Labute approximate surface area is 140 Å². The van der Waals surface area contributed by atoms with Gasteiger partial charge in [0.05, 0.1) is 6.42 Å². The Hall–Kier alpha value is -2.63. The van der Waals surface area contributed by atoms with E-state index in [1.807, 2.05) is 31.2 Å². The highest BCUT2D eigenvalue weighted by Crippen LogP contribution is 2.20. The largest absolute Gasteiger partial charge is 0.454 e. The maximum absolute atomic E-state index is 12.5. The number of para-hydroxylation sites is 1. The smallest absolute Gasteiger partial charge is 0.307 e. The van der Waals surface area contributed by atoms with Crippen molar-refractivity contribution in [2.75, 3.05) is 6.54 Å². The third kappa shape index (κ3) is 4.44. The number of ketones is 1. The quantitative estimate of drug-likeness (QED) is 0.575. The van der Waals surface area contributed by atoms with Crippen molar-refractivity contribution >= 4 is 28.6 Å². The van der Waals surface area contributed by atoms with Crippen molar-refractivity contribution in [3.63, 3.8) is 0 Å². The minimum Gasteiger partial charge on any atom is -0.454 e. The summed E-state index contributed by atoms with van der Waals surface area (Å²) < 4.78 is 5.16. The number of fused-ring (bicyclic) bond motifs is 1. The van der Waals surface area contributed by atoms with Crippen LogP contribution in [0.15, 0.2) is 30.5 Å². The standard InChI is InChI=1S/C18H22N2O4/c1-3-10-19-16(21)8-9-17(22)24-12(2)18(23)14-11-20-15-7-5-4-6-13(14)15/h4-7,11-12,20H,3,8-10H2,1-2H3,(H,19,21).